The molecule has 0 aliphatic heterocycles. The predicted octanol–water partition coefficient (Wildman–Crippen LogP) is 1.61. The molecule has 1 aromatic carbocycles. The maximum Gasteiger partial charge on any atom is 0.269 e. The van der Waals surface area contributed by atoms with Gasteiger partial charge < -0.3 is 15.8 Å². The maximum atomic E-state index is 11.9. The van der Waals surface area contributed by atoms with Crippen LogP contribution in [-0.4, -0.2) is 29.5 Å². The summed E-state index contributed by atoms with van der Waals surface area (Å²) in [5, 5.41) is 13.4. The second kappa shape index (κ2) is 7.58. The van der Waals surface area contributed by atoms with Crippen LogP contribution < -0.4 is 15.8 Å². The van der Waals surface area contributed by atoms with E-state index in [0.29, 0.717) is 12.3 Å². The van der Waals surface area contributed by atoms with Crippen molar-refractivity contribution in [2.75, 3.05) is 13.2 Å². The fourth-order valence-corrected chi connectivity index (χ4v) is 1.91. The first kappa shape index (κ1) is 16.9. The third-order valence-corrected chi connectivity index (χ3v) is 3.57. The number of nitrogens with one attached hydrogen (secondary N) is 1. The van der Waals surface area contributed by atoms with Crippen molar-refractivity contribution < 1.29 is 14.5 Å². The highest BCUT2D eigenvalue weighted by Crippen LogP contribution is 2.17. The van der Waals surface area contributed by atoms with E-state index in [1.165, 1.54) is 24.3 Å². The zero-order chi connectivity index (χ0) is 15.9. The van der Waals surface area contributed by atoms with Gasteiger partial charge in [0.15, 0.2) is 6.61 Å². The molecule has 0 saturated heterocycles. The minimum absolute atomic E-state index is 0.0223. The average Bonchev–Trinajstić information content (AvgIpc) is 2.51. The van der Waals surface area contributed by atoms with Gasteiger partial charge in [-0.1, -0.05) is 13.8 Å². The molecule has 0 saturated carbocycles. The van der Waals surface area contributed by atoms with Gasteiger partial charge in [0.05, 0.1) is 10.5 Å². The normalized spacial score (nSPS) is 11.0. The number of amides is 1. The van der Waals surface area contributed by atoms with Gasteiger partial charge in [-0.05, 0) is 25.0 Å². The Morgan fingerprint density at radius 3 is 2.33 bits per heavy atom. The molecule has 0 fully saturated rings. The summed E-state index contributed by atoms with van der Waals surface area (Å²) in [6.07, 6.45) is 1.48. The first-order chi connectivity index (χ1) is 9.96. The first-order valence-electron chi connectivity index (χ1n) is 6.84. The molecule has 0 spiro atoms. The SMILES string of the molecule is CCC(CC)(CN)NC(=O)COc1ccc([N+](=O)[O-])cc1. The Morgan fingerprint density at radius 1 is 1.33 bits per heavy atom. The van der Waals surface area contributed by atoms with Crippen molar-refractivity contribution in [3.05, 3.63) is 34.4 Å². The van der Waals surface area contributed by atoms with Crippen LogP contribution in [0, 0.1) is 10.1 Å². The quantitative estimate of drug-likeness (QED) is 0.559. The molecule has 0 bridgehead atoms. The van der Waals surface area contributed by atoms with Gasteiger partial charge in [-0.3, -0.25) is 14.9 Å². The summed E-state index contributed by atoms with van der Waals surface area (Å²) < 4.78 is 5.31. The Hall–Kier alpha value is -2.15. The smallest absolute Gasteiger partial charge is 0.269 e. The summed E-state index contributed by atoms with van der Waals surface area (Å²) in [7, 11) is 0. The number of rotatable bonds is 8. The summed E-state index contributed by atoms with van der Waals surface area (Å²) in [6.45, 7) is 4.14. The number of hydrogen-bond acceptors (Lipinski definition) is 5. The number of non-ortho nitro benzene ring substituents is 1. The number of carbonyl (C=O) groups is 1. The van der Waals surface area contributed by atoms with E-state index in [4.69, 9.17) is 10.5 Å². The molecule has 116 valence electrons. The molecule has 0 aliphatic rings. The Morgan fingerprint density at radius 2 is 1.90 bits per heavy atom. The number of hydrogen-bond donors (Lipinski definition) is 2. The van der Waals surface area contributed by atoms with E-state index in [1.54, 1.807) is 0 Å². The van der Waals surface area contributed by atoms with Gasteiger partial charge in [0, 0.05) is 18.7 Å². The lowest BCUT2D eigenvalue weighted by molar-refractivity contribution is -0.384. The maximum absolute atomic E-state index is 11.9. The van der Waals surface area contributed by atoms with Crippen molar-refractivity contribution in [3.8, 4) is 5.75 Å². The molecule has 0 radical (unpaired) electrons. The van der Waals surface area contributed by atoms with Gasteiger partial charge in [-0.2, -0.15) is 0 Å². The number of nitrogens with zero attached hydrogens (tertiary/aromatic N) is 1. The Kier molecular flexibility index (Phi) is 6.10. The van der Waals surface area contributed by atoms with Gasteiger partial charge >= 0.3 is 0 Å². The Bertz CT molecular complexity index is 475. The van der Waals surface area contributed by atoms with Crippen LogP contribution in [0.25, 0.3) is 0 Å². The van der Waals surface area contributed by atoms with Crippen molar-refractivity contribution in [1.29, 1.82) is 0 Å². The summed E-state index contributed by atoms with van der Waals surface area (Å²) in [5.74, 6) is 0.143. The van der Waals surface area contributed by atoms with Crippen molar-refractivity contribution in [2.24, 2.45) is 5.73 Å². The number of nitro groups is 1. The first-order valence-corrected chi connectivity index (χ1v) is 6.84. The highest BCUT2D eigenvalue weighted by Gasteiger charge is 2.26. The summed E-state index contributed by atoms with van der Waals surface area (Å²) in [5.41, 5.74) is 5.28. The number of nitro benzene ring substituents is 1. The zero-order valence-corrected chi connectivity index (χ0v) is 12.3. The minimum Gasteiger partial charge on any atom is -0.484 e. The minimum atomic E-state index is -0.491. The molecule has 1 amide bonds. The van der Waals surface area contributed by atoms with Gasteiger partial charge in [0.2, 0.25) is 0 Å². The lowest BCUT2D eigenvalue weighted by Crippen LogP contribution is -2.54. The van der Waals surface area contributed by atoms with Crippen LogP contribution in [0.4, 0.5) is 5.69 Å². The fourth-order valence-electron chi connectivity index (χ4n) is 1.91. The monoisotopic (exact) mass is 295 g/mol. The van der Waals surface area contributed by atoms with Crippen LogP contribution in [0.1, 0.15) is 26.7 Å². The predicted molar refractivity (Wildman–Crippen MR) is 79.1 cm³/mol. The van der Waals surface area contributed by atoms with Crippen LogP contribution >= 0.6 is 0 Å². The third-order valence-electron chi connectivity index (χ3n) is 3.57. The topological polar surface area (TPSA) is 107 Å². The average molecular weight is 295 g/mol. The molecule has 0 heterocycles. The van der Waals surface area contributed by atoms with Crippen molar-refractivity contribution in [1.82, 2.24) is 5.32 Å². The van der Waals surface area contributed by atoms with E-state index in [1.807, 2.05) is 13.8 Å². The number of ether oxygens (including phenoxy) is 1. The molecular weight excluding hydrogens is 274 g/mol. The van der Waals surface area contributed by atoms with Crippen LogP contribution in [0.2, 0.25) is 0 Å². The molecule has 21 heavy (non-hydrogen) atoms. The standard InChI is InChI=1S/C14H21N3O4/c1-3-14(4-2,10-15)16-13(18)9-21-12-7-5-11(6-8-12)17(19)20/h5-8H,3-4,9-10,15H2,1-2H3,(H,16,18). The molecule has 7 nitrogen and oxygen atoms in total. The van der Waals surface area contributed by atoms with Crippen LogP contribution in [0.5, 0.6) is 5.75 Å². The van der Waals surface area contributed by atoms with E-state index >= 15 is 0 Å². The van der Waals surface area contributed by atoms with Gasteiger partial charge in [-0.15, -0.1) is 0 Å². The fraction of sp³-hybridized carbons (Fsp3) is 0.500. The summed E-state index contributed by atoms with van der Waals surface area (Å²) in [4.78, 5) is 21.9. The molecule has 0 aliphatic carbocycles. The molecule has 0 aromatic heterocycles. The number of carbonyl (C=O) groups excluding carboxylic acids is 1. The molecule has 3 N–H and O–H groups in total. The molecule has 0 atom stereocenters. The Labute approximate surface area is 123 Å². The summed E-state index contributed by atoms with van der Waals surface area (Å²) >= 11 is 0. The number of benzene rings is 1. The van der Waals surface area contributed by atoms with Gasteiger partial charge in [0.1, 0.15) is 5.75 Å². The highest BCUT2D eigenvalue weighted by atomic mass is 16.6. The van der Waals surface area contributed by atoms with E-state index in [0.717, 1.165) is 12.8 Å². The zero-order valence-electron chi connectivity index (χ0n) is 12.3. The molecule has 1 rings (SSSR count). The molecule has 7 heteroatoms. The molecule has 0 unspecified atom stereocenters. The second-order valence-corrected chi connectivity index (χ2v) is 4.78. The summed E-state index contributed by atoms with van der Waals surface area (Å²) in [6, 6.07) is 5.58. The van der Waals surface area contributed by atoms with E-state index in [-0.39, 0.29) is 18.2 Å². The van der Waals surface area contributed by atoms with Crippen LogP contribution in [-0.2, 0) is 4.79 Å². The molecule has 1 aromatic rings. The van der Waals surface area contributed by atoms with E-state index in [9.17, 15) is 14.9 Å². The van der Waals surface area contributed by atoms with Crippen molar-refractivity contribution in [3.63, 3.8) is 0 Å². The molecular formula is C14H21N3O4. The highest BCUT2D eigenvalue weighted by molar-refractivity contribution is 5.78. The largest absolute Gasteiger partial charge is 0.484 e. The lowest BCUT2D eigenvalue weighted by atomic mass is 9.93. The van der Waals surface area contributed by atoms with E-state index in [2.05, 4.69) is 5.32 Å². The van der Waals surface area contributed by atoms with Crippen LogP contribution in [0.3, 0.4) is 0 Å². The van der Waals surface area contributed by atoms with Crippen molar-refractivity contribution >= 4 is 11.6 Å². The Balaban J connectivity index is 2.54. The third kappa shape index (κ3) is 4.71. The van der Waals surface area contributed by atoms with Gasteiger partial charge in [-0.25, -0.2) is 0 Å². The lowest BCUT2D eigenvalue weighted by Gasteiger charge is -2.31. The second-order valence-electron chi connectivity index (χ2n) is 4.78. The van der Waals surface area contributed by atoms with Crippen molar-refractivity contribution in [2.45, 2.75) is 32.2 Å². The number of nitrogens with two attached hydrogens (primary N) is 1. The van der Waals surface area contributed by atoms with E-state index < -0.39 is 10.5 Å². The van der Waals surface area contributed by atoms with Crippen LogP contribution in [0.15, 0.2) is 24.3 Å². The van der Waals surface area contributed by atoms with Gasteiger partial charge in [0.25, 0.3) is 11.6 Å².